The van der Waals surface area contributed by atoms with Gasteiger partial charge in [-0.05, 0) is 42.7 Å². The standard InChI is InChI=1S/C24H19BrCl2N2O4/c1-13-3-2-4-17-21(13)24(33)29(23(17)32)28(12-20(30)14-5-8-16(25)9-6-14)22(31)15-7-10-18(26)19(27)11-15/h2-3,5-11,13,17,21H,4,12H2,1H3/t13-,17-,21+/m1/s1. The summed E-state index contributed by atoms with van der Waals surface area (Å²) >= 11 is 15.4. The molecule has 1 aliphatic heterocycles. The van der Waals surface area contributed by atoms with Gasteiger partial charge in [-0.2, -0.15) is 5.01 Å². The van der Waals surface area contributed by atoms with Crippen LogP contribution in [0.1, 0.15) is 34.1 Å². The van der Waals surface area contributed by atoms with E-state index in [-0.39, 0.29) is 21.5 Å². The van der Waals surface area contributed by atoms with Crippen LogP contribution >= 0.6 is 39.1 Å². The molecule has 4 rings (SSSR count). The van der Waals surface area contributed by atoms with E-state index in [1.54, 1.807) is 24.3 Å². The number of ketones is 1. The second-order valence-corrected chi connectivity index (χ2v) is 9.80. The van der Waals surface area contributed by atoms with Gasteiger partial charge in [0.15, 0.2) is 5.78 Å². The molecule has 170 valence electrons. The second kappa shape index (κ2) is 9.41. The fourth-order valence-electron chi connectivity index (χ4n) is 4.24. The zero-order chi connectivity index (χ0) is 23.9. The van der Waals surface area contributed by atoms with Crippen LogP contribution in [0, 0.1) is 17.8 Å². The quantitative estimate of drug-likeness (QED) is 0.292. The van der Waals surface area contributed by atoms with Crippen LogP contribution in [-0.4, -0.2) is 40.1 Å². The average molecular weight is 550 g/mol. The van der Waals surface area contributed by atoms with Crippen LogP contribution in [0.5, 0.6) is 0 Å². The van der Waals surface area contributed by atoms with Gasteiger partial charge >= 0.3 is 0 Å². The molecular weight excluding hydrogens is 531 g/mol. The minimum Gasteiger partial charge on any atom is -0.292 e. The third-order valence-corrected chi connectivity index (χ3v) is 7.22. The van der Waals surface area contributed by atoms with Crippen molar-refractivity contribution in [2.75, 3.05) is 6.54 Å². The van der Waals surface area contributed by atoms with E-state index in [9.17, 15) is 19.2 Å². The number of carbonyl (C=O) groups excluding carboxylic acids is 4. The first-order valence-electron chi connectivity index (χ1n) is 10.3. The lowest BCUT2D eigenvalue weighted by Gasteiger charge is -2.30. The van der Waals surface area contributed by atoms with Crippen LogP contribution in [0.25, 0.3) is 0 Å². The largest absolute Gasteiger partial charge is 0.292 e. The van der Waals surface area contributed by atoms with E-state index in [0.717, 1.165) is 14.5 Å². The van der Waals surface area contributed by atoms with Gasteiger partial charge in [-0.25, -0.2) is 5.01 Å². The molecule has 0 bridgehead atoms. The van der Waals surface area contributed by atoms with Crippen molar-refractivity contribution < 1.29 is 19.2 Å². The molecule has 1 aliphatic carbocycles. The van der Waals surface area contributed by atoms with Crippen LogP contribution < -0.4 is 0 Å². The van der Waals surface area contributed by atoms with E-state index < -0.39 is 41.9 Å². The number of hydrogen-bond acceptors (Lipinski definition) is 4. The molecule has 0 N–H and O–H groups in total. The maximum atomic E-state index is 13.5. The van der Waals surface area contributed by atoms with Gasteiger partial charge in [0, 0.05) is 15.6 Å². The highest BCUT2D eigenvalue weighted by Crippen LogP contribution is 2.39. The first kappa shape index (κ1) is 23.7. The number of allylic oxidation sites excluding steroid dienone is 2. The summed E-state index contributed by atoms with van der Waals surface area (Å²) in [6, 6.07) is 10.9. The van der Waals surface area contributed by atoms with Crippen molar-refractivity contribution in [3.05, 3.63) is 80.3 Å². The number of rotatable bonds is 5. The zero-order valence-corrected chi connectivity index (χ0v) is 20.6. The number of hydrazine groups is 1. The predicted molar refractivity (Wildman–Crippen MR) is 128 cm³/mol. The third-order valence-electron chi connectivity index (χ3n) is 5.95. The fourth-order valence-corrected chi connectivity index (χ4v) is 4.81. The number of carbonyl (C=O) groups is 4. The number of halogens is 3. The van der Waals surface area contributed by atoms with Crippen molar-refractivity contribution in [2.45, 2.75) is 13.3 Å². The summed E-state index contributed by atoms with van der Waals surface area (Å²) in [6.07, 6.45) is 4.18. The molecule has 2 aromatic rings. The number of nitrogens with zero attached hydrogens (tertiary/aromatic N) is 2. The van der Waals surface area contributed by atoms with Crippen molar-refractivity contribution in [1.29, 1.82) is 0 Å². The molecule has 1 fully saturated rings. The molecule has 33 heavy (non-hydrogen) atoms. The van der Waals surface area contributed by atoms with Crippen LogP contribution in [0.2, 0.25) is 10.0 Å². The van der Waals surface area contributed by atoms with E-state index in [0.29, 0.717) is 12.0 Å². The summed E-state index contributed by atoms with van der Waals surface area (Å²) in [5, 5.41) is 2.18. The Kier molecular flexibility index (Phi) is 6.75. The summed E-state index contributed by atoms with van der Waals surface area (Å²) in [6.45, 7) is 1.37. The minimum atomic E-state index is -0.694. The Hall–Kier alpha value is -2.48. The maximum absolute atomic E-state index is 13.5. The fraction of sp³-hybridized carbons (Fsp3) is 0.250. The van der Waals surface area contributed by atoms with Gasteiger partial charge in [0.2, 0.25) is 0 Å². The van der Waals surface area contributed by atoms with Gasteiger partial charge < -0.3 is 0 Å². The van der Waals surface area contributed by atoms with Gasteiger partial charge in [-0.1, -0.05) is 70.3 Å². The van der Waals surface area contributed by atoms with E-state index in [4.69, 9.17) is 23.2 Å². The van der Waals surface area contributed by atoms with Crippen LogP contribution in [-0.2, 0) is 9.59 Å². The van der Waals surface area contributed by atoms with Crippen LogP contribution in [0.4, 0.5) is 0 Å². The van der Waals surface area contributed by atoms with Gasteiger partial charge in [0.05, 0.1) is 21.9 Å². The molecule has 0 radical (unpaired) electrons. The topological polar surface area (TPSA) is 74.8 Å². The van der Waals surface area contributed by atoms with Crippen LogP contribution in [0.15, 0.2) is 59.1 Å². The average Bonchev–Trinajstić information content (AvgIpc) is 3.05. The molecule has 3 amide bonds. The highest BCUT2D eigenvalue weighted by Gasteiger charge is 2.53. The summed E-state index contributed by atoms with van der Waals surface area (Å²) in [5.41, 5.74) is 0.450. The number of imide groups is 1. The van der Waals surface area contributed by atoms with Crippen molar-refractivity contribution in [3.63, 3.8) is 0 Å². The molecule has 2 aromatic carbocycles. The van der Waals surface area contributed by atoms with Gasteiger partial charge in [0.1, 0.15) is 6.54 Å². The Bertz CT molecular complexity index is 1180. The van der Waals surface area contributed by atoms with Gasteiger partial charge in [-0.15, -0.1) is 0 Å². The Morgan fingerprint density at radius 3 is 2.33 bits per heavy atom. The normalized spacial score (nSPS) is 21.8. The Balaban J connectivity index is 1.72. The zero-order valence-electron chi connectivity index (χ0n) is 17.5. The molecule has 1 heterocycles. The Labute approximate surface area is 209 Å². The first-order valence-corrected chi connectivity index (χ1v) is 11.8. The van der Waals surface area contributed by atoms with Crippen molar-refractivity contribution in [1.82, 2.24) is 10.0 Å². The number of benzene rings is 2. The number of Topliss-reactive ketones (excluding diaryl/α,β-unsaturated/α-hetero) is 1. The molecule has 3 atom stereocenters. The lowest BCUT2D eigenvalue weighted by molar-refractivity contribution is -0.154. The molecule has 0 spiro atoms. The summed E-state index contributed by atoms with van der Waals surface area (Å²) in [5.74, 6) is -3.39. The molecule has 0 unspecified atom stereocenters. The number of fused-ring (bicyclic) bond motifs is 1. The summed E-state index contributed by atoms with van der Waals surface area (Å²) in [4.78, 5) is 53.2. The highest BCUT2D eigenvalue weighted by atomic mass is 79.9. The van der Waals surface area contributed by atoms with Crippen LogP contribution in [0.3, 0.4) is 0 Å². The highest BCUT2D eigenvalue weighted by molar-refractivity contribution is 9.10. The van der Waals surface area contributed by atoms with Crippen molar-refractivity contribution in [2.24, 2.45) is 17.8 Å². The lowest BCUT2D eigenvalue weighted by atomic mass is 9.78. The molecule has 6 nitrogen and oxygen atoms in total. The number of hydrogen-bond donors (Lipinski definition) is 0. The molecular formula is C24H19BrCl2N2O4. The molecule has 2 aliphatic rings. The predicted octanol–water partition coefficient (Wildman–Crippen LogP) is 5.19. The van der Waals surface area contributed by atoms with E-state index >= 15 is 0 Å². The van der Waals surface area contributed by atoms with Crippen molar-refractivity contribution in [3.8, 4) is 0 Å². The lowest BCUT2D eigenvalue weighted by Crippen LogP contribution is -2.52. The monoisotopic (exact) mass is 548 g/mol. The van der Waals surface area contributed by atoms with E-state index in [1.807, 2.05) is 19.1 Å². The van der Waals surface area contributed by atoms with Gasteiger partial charge in [0.25, 0.3) is 17.7 Å². The minimum absolute atomic E-state index is 0.106. The van der Waals surface area contributed by atoms with Gasteiger partial charge in [-0.3, -0.25) is 19.2 Å². The summed E-state index contributed by atoms with van der Waals surface area (Å²) < 4.78 is 0.790. The Morgan fingerprint density at radius 1 is 1.03 bits per heavy atom. The molecule has 0 aromatic heterocycles. The van der Waals surface area contributed by atoms with Crippen molar-refractivity contribution >= 4 is 62.6 Å². The van der Waals surface area contributed by atoms with E-state index in [2.05, 4.69) is 15.9 Å². The second-order valence-electron chi connectivity index (χ2n) is 8.07. The molecule has 0 saturated carbocycles. The first-order chi connectivity index (χ1) is 15.7. The molecule has 9 heteroatoms. The smallest absolute Gasteiger partial charge is 0.273 e. The maximum Gasteiger partial charge on any atom is 0.273 e. The SMILES string of the molecule is C[C@@H]1C=CC[C@H]2C(=O)N(N(CC(=O)c3ccc(Br)cc3)C(=O)c3ccc(Cl)c(Cl)c3)C(=O)[C@@H]12. The third kappa shape index (κ3) is 4.50. The van der Waals surface area contributed by atoms with E-state index in [1.165, 1.54) is 18.2 Å². The number of amides is 3. The molecule has 1 saturated heterocycles. The summed E-state index contributed by atoms with van der Waals surface area (Å²) in [7, 11) is 0. The Morgan fingerprint density at radius 2 is 1.70 bits per heavy atom.